The number of hydrogen-bond donors (Lipinski definition) is 1. The van der Waals surface area contributed by atoms with Crippen molar-refractivity contribution in [1.29, 1.82) is 0 Å². The molecule has 122 valence electrons. The van der Waals surface area contributed by atoms with E-state index in [0.29, 0.717) is 23.2 Å². The minimum atomic E-state index is -3.69. The van der Waals surface area contributed by atoms with Gasteiger partial charge in [-0.25, -0.2) is 13.4 Å². The van der Waals surface area contributed by atoms with Gasteiger partial charge in [0.15, 0.2) is 0 Å². The number of nitrogen functional groups attached to an aromatic ring is 1. The molecule has 0 amide bonds. The number of nitrogens with two attached hydrogens (primary N) is 1. The van der Waals surface area contributed by atoms with E-state index in [2.05, 4.69) is 25.9 Å². The number of hydrogen-bond acceptors (Lipinski definition) is 6. The van der Waals surface area contributed by atoms with Crippen LogP contribution in [0.15, 0.2) is 46.2 Å². The van der Waals surface area contributed by atoms with E-state index >= 15 is 0 Å². The summed E-state index contributed by atoms with van der Waals surface area (Å²) >= 11 is 3.22. The standard InChI is InChI=1S/C14H15BrN4O3S/c15-10-7-13(14(16)18-8-10)23(20,21)19-6-3-12(9-19)22-11-1-4-17-5-2-11/h1-2,4-5,7-8,12H,3,6,9H2,(H2,16,18)/t12-/m1/s1. The molecule has 0 spiro atoms. The monoisotopic (exact) mass is 398 g/mol. The normalized spacial score (nSPS) is 18.9. The highest BCUT2D eigenvalue weighted by molar-refractivity contribution is 9.10. The number of anilines is 1. The Morgan fingerprint density at radius 1 is 1.35 bits per heavy atom. The van der Waals surface area contributed by atoms with E-state index in [-0.39, 0.29) is 23.4 Å². The van der Waals surface area contributed by atoms with Crippen LogP contribution >= 0.6 is 15.9 Å². The maximum Gasteiger partial charge on any atom is 0.246 e. The van der Waals surface area contributed by atoms with Gasteiger partial charge >= 0.3 is 0 Å². The zero-order valence-electron chi connectivity index (χ0n) is 12.1. The van der Waals surface area contributed by atoms with E-state index in [1.807, 2.05) is 0 Å². The van der Waals surface area contributed by atoms with E-state index in [1.165, 1.54) is 16.6 Å². The van der Waals surface area contributed by atoms with Crippen molar-refractivity contribution in [3.05, 3.63) is 41.3 Å². The van der Waals surface area contributed by atoms with Crippen LogP contribution in [0.3, 0.4) is 0 Å². The predicted octanol–water partition coefficient (Wildman–Crippen LogP) is 1.66. The van der Waals surface area contributed by atoms with Crippen molar-refractivity contribution in [2.45, 2.75) is 17.4 Å². The van der Waals surface area contributed by atoms with Crippen molar-refractivity contribution in [1.82, 2.24) is 14.3 Å². The molecule has 0 aromatic carbocycles. The first-order chi connectivity index (χ1) is 11.0. The van der Waals surface area contributed by atoms with Gasteiger partial charge in [-0.15, -0.1) is 0 Å². The second kappa shape index (κ2) is 6.42. The van der Waals surface area contributed by atoms with Crippen molar-refractivity contribution < 1.29 is 13.2 Å². The fraction of sp³-hybridized carbons (Fsp3) is 0.286. The summed E-state index contributed by atoms with van der Waals surface area (Å²) in [4.78, 5) is 7.82. The Hall–Kier alpha value is -1.71. The highest BCUT2D eigenvalue weighted by atomic mass is 79.9. The number of sulfonamides is 1. The van der Waals surface area contributed by atoms with Crippen molar-refractivity contribution in [2.75, 3.05) is 18.8 Å². The summed E-state index contributed by atoms with van der Waals surface area (Å²) in [7, 11) is -3.69. The van der Waals surface area contributed by atoms with E-state index < -0.39 is 10.0 Å². The topological polar surface area (TPSA) is 98.4 Å². The van der Waals surface area contributed by atoms with Crippen LogP contribution in [0.25, 0.3) is 0 Å². The van der Waals surface area contributed by atoms with Gasteiger partial charge in [0.2, 0.25) is 10.0 Å². The first-order valence-electron chi connectivity index (χ1n) is 6.94. The maximum atomic E-state index is 12.7. The van der Waals surface area contributed by atoms with Crippen LogP contribution in [-0.4, -0.2) is 41.9 Å². The molecule has 7 nitrogen and oxygen atoms in total. The maximum absolute atomic E-state index is 12.7. The molecule has 1 fully saturated rings. The van der Waals surface area contributed by atoms with E-state index in [4.69, 9.17) is 10.5 Å². The number of pyridine rings is 2. The Balaban J connectivity index is 1.76. The second-order valence-corrected chi connectivity index (χ2v) is 7.93. The fourth-order valence-electron chi connectivity index (χ4n) is 2.40. The zero-order chi connectivity index (χ0) is 16.4. The molecule has 1 aliphatic heterocycles. The fourth-order valence-corrected chi connectivity index (χ4v) is 4.46. The van der Waals surface area contributed by atoms with Crippen molar-refractivity contribution in [3.8, 4) is 5.75 Å². The SMILES string of the molecule is Nc1ncc(Br)cc1S(=O)(=O)N1CC[C@@H](Oc2ccncc2)C1. The van der Waals surface area contributed by atoms with Gasteiger partial charge in [-0.05, 0) is 40.5 Å². The molecule has 2 aromatic heterocycles. The largest absolute Gasteiger partial charge is 0.489 e. The lowest BCUT2D eigenvalue weighted by molar-refractivity contribution is 0.215. The Morgan fingerprint density at radius 2 is 2.09 bits per heavy atom. The summed E-state index contributed by atoms with van der Waals surface area (Å²) < 4.78 is 33.2. The van der Waals surface area contributed by atoms with Gasteiger partial charge in [0.05, 0.1) is 6.54 Å². The molecular formula is C14H15BrN4O3S. The third-order valence-electron chi connectivity index (χ3n) is 3.53. The first-order valence-corrected chi connectivity index (χ1v) is 9.18. The quantitative estimate of drug-likeness (QED) is 0.840. The van der Waals surface area contributed by atoms with Gasteiger partial charge < -0.3 is 10.5 Å². The minimum absolute atomic E-state index is 0.00768. The minimum Gasteiger partial charge on any atom is -0.489 e. The average Bonchev–Trinajstić information content (AvgIpc) is 3.00. The van der Waals surface area contributed by atoms with Gasteiger partial charge in [0.25, 0.3) is 0 Å². The zero-order valence-corrected chi connectivity index (χ0v) is 14.5. The molecule has 1 saturated heterocycles. The van der Waals surface area contributed by atoms with Crippen molar-refractivity contribution in [3.63, 3.8) is 0 Å². The molecule has 0 bridgehead atoms. The molecule has 23 heavy (non-hydrogen) atoms. The van der Waals surface area contributed by atoms with E-state index in [9.17, 15) is 8.42 Å². The average molecular weight is 399 g/mol. The van der Waals surface area contributed by atoms with Gasteiger partial charge in [0, 0.05) is 29.6 Å². The molecule has 1 atom stereocenters. The smallest absolute Gasteiger partial charge is 0.246 e. The number of halogens is 1. The lowest BCUT2D eigenvalue weighted by Crippen LogP contribution is -2.31. The van der Waals surface area contributed by atoms with Gasteiger partial charge in [-0.2, -0.15) is 4.31 Å². The Labute approximate surface area is 142 Å². The number of aromatic nitrogens is 2. The second-order valence-electron chi connectivity index (χ2n) is 5.11. The van der Waals surface area contributed by atoms with Crippen LogP contribution < -0.4 is 10.5 Å². The Morgan fingerprint density at radius 3 is 2.83 bits per heavy atom. The molecular weight excluding hydrogens is 384 g/mol. The highest BCUT2D eigenvalue weighted by Crippen LogP contribution is 2.28. The third kappa shape index (κ3) is 3.46. The first kappa shape index (κ1) is 16.2. The van der Waals surface area contributed by atoms with Crippen LogP contribution in [0.1, 0.15) is 6.42 Å². The van der Waals surface area contributed by atoms with E-state index in [0.717, 1.165) is 0 Å². The van der Waals surface area contributed by atoms with Crippen LogP contribution in [-0.2, 0) is 10.0 Å². The van der Waals surface area contributed by atoms with Crippen LogP contribution in [0.2, 0.25) is 0 Å². The van der Waals surface area contributed by atoms with Crippen molar-refractivity contribution in [2.24, 2.45) is 0 Å². The summed E-state index contributed by atoms with van der Waals surface area (Å²) in [5.74, 6) is 0.666. The van der Waals surface area contributed by atoms with Gasteiger partial charge in [0.1, 0.15) is 22.6 Å². The third-order valence-corrected chi connectivity index (χ3v) is 5.85. The van der Waals surface area contributed by atoms with Gasteiger partial charge in [-0.1, -0.05) is 0 Å². The summed E-state index contributed by atoms with van der Waals surface area (Å²) in [5.41, 5.74) is 5.73. The van der Waals surface area contributed by atoms with Crippen LogP contribution in [0, 0.1) is 0 Å². The molecule has 2 aromatic rings. The highest BCUT2D eigenvalue weighted by Gasteiger charge is 2.35. The Kier molecular flexibility index (Phi) is 4.51. The number of ether oxygens (including phenoxy) is 1. The molecule has 2 N–H and O–H groups in total. The molecule has 0 aliphatic carbocycles. The lowest BCUT2D eigenvalue weighted by Gasteiger charge is -2.18. The van der Waals surface area contributed by atoms with Crippen molar-refractivity contribution >= 4 is 31.8 Å². The Bertz CT molecular complexity index is 801. The summed E-state index contributed by atoms with van der Waals surface area (Å²) in [6, 6.07) is 4.95. The van der Waals surface area contributed by atoms with Crippen LogP contribution in [0.5, 0.6) is 5.75 Å². The lowest BCUT2D eigenvalue weighted by atomic mass is 10.3. The summed E-state index contributed by atoms with van der Waals surface area (Å²) in [6.07, 6.45) is 5.14. The molecule has 0 saturated carbocycles. The number of rotatable bonds is 4. The van der Waals surface area contributed by atoms with E-state index in [1.54, 1.807) is 24.5 Å². The molecule has 3 heterocycles. The molecule has 3 rings (SSSR count). The molecule has 9 heteroatoms. The summed E-state index contributed by atoms with van der Waals surface area (Å²) in [5, 5.41) is 0. The molecule has 0 unspecified atom stereocenters. The predicted molar refractivity (Wildman–Crippen MR) is 88.4 cm³/mol. The molecule has 0 radical (unpaired) electrons. The number of nitrogens with zero attached hydrogens (tertiary/aromatic N) is 3. The molecule has 1 aliphatic rings. The van der Waals surface area contributed by atoms with Gasteiger partial charge in [-0.3, -0.25) is 4.98 Å². The van der Waals surface area contributed by atoms with Crippen LogP contribution in [0.4, 0.5) is 5.82 Å². The summed E-state index contributed by atoms with van der Waals surface area (Å²) in [6.45, 7) is 0.653.